The molecule has 126 valence electrons. The van der Waals surface area contributed by atoms with Crippen molar-refractivity contribution < 1.29 is 8.42 Å². The van der Waals surface area contributed by atoms with Crippen LogP contribution in [0, 0.1) is 0 Å². The molecule has 0 radical (unpaired) electrons. The van der Waals surface area contributed by atoms with Gasteiger partial charge in [-0.15, -0.1) is 0 Å². The maximum Gasteiger partial charge on any atom is 0.244 e. The summed E-state index contributed by atoms with van der Waals surface area (Å²) in [6.07, 6.45) is 3.43. The lowest BCUT2D eigenvalue weighted by molar-refractivity contribution is 0.463. The lowest BCUT2D eigenvalue weighted by Gasteiger charge is -2.17. The maximum atomic E-state index is 12.7. The summed E-state index contributed by atoms with van der Waals surface area (Å²) in [5.41, 5.74) is 1.27. The molecular formula is C15H12Cl3N3O2S. The second-order valence-corrected chi connectivity index (χ2v) is 8.47. The zero-order chi connectivity index (χ0) is 17.5. The molecule has 0 spiro atoms. The quantitative estimate of drug-likeness (QED) is 0.657. The van der Waals surface area contributed by atoms with Gasteiger partial charge in [-0.05, 0) is 30.3 Å². The Labute approximate surface area is 154 Å². The summed E-state index contributed by atoms with van der Waals surface area (Å²) in [7, 11) is -2.33. The fourth-order valence-corrected chi connectivity index (χ4v) is 4.29. The van der Waals surface area contributed by atoms with E-state index in [9.17, 15) is 8.42 Å². The van der Waals surface area contributed by atoms with Crippen LogP contribution in [-0.2, 0) is 16.6 Å². The van der Waals surface area contributed by atoms with E-state index in [1.54, 1.807) is 28.9 Å². The van der Waals surface area contributed by atoms with Crippen molar-refractivity contribution in [3.63, 3.8) is 0 Å². The molecule has 9 heteroatoms. The third kappa shape index (κ3) is 3.38. The second kappa shape index (κ2) is 6.54. The predicted octanol–water partition coefficient (Wildman–Crippen LogP) is 4.12. The number of benzene rings is 1. The molecule has 0 bridgehead atoms. The largest absolute Gasteiger partial charge is 0.305 e. The summed E-state index contributed by atoms with van der Waals surface area (Å²) < 4.78 is 28.3. The first kappa shape index (κ1) is 17.5. The van der Waals surface area contributed by atoms with Crippen molar-refractivity contribution in [1.29, 1.82) is 0 Å². The molecule has 0 aliphatic rings. The molecular weight excluding hydrogens is 393 g/mol. The van der Waals surface area contributed by atoms with Crippen molar-refractivity contribution in [2.75, 3.05) is 7.05 Å². The highest BCUT2D eigenvalue weighted by Crippen LogP contribution is 2.27. The van der Waals surface area contributed by atoms with Crippen LogP contribution < -0.4 is 0 Å². The Morgan fingerprint density at radius 2 is 1.79 bits per heavy atom. The topological polar surface area (TPSA) is 54.7 Å². The number of aromatic nitrogens is 2. The standard InChI is InChI=1S/C15H12Cl3N3O2S/c1-20(24(22,23)14-6-10(16)2-4-13(14)18)8-12-9-21-7-11(17)3-5-15(21)19-12/h2-7,9H,8H2,1H3. The third-order valence-electron chi connectivity index (χ3n) is 3.43. The normalized spacial score (nSPS) is 12.2. The monoisotopic (exact) mass is 403 g/mol. The van der Waals surface area contributed by atoms with Crippen molar-refractivity contribution in [2.24, 2.45) is 0 Å². The number of hydrogen-bond donors (Lipinski definition) is 0. The summed E-state index contributed by atoms with van der Waals surface area (Å²) >= 11 is 17.8. The van der Waals surface area contributed by atoms with E-state index < -0.39 is 10.0 Å². The summed E-state index contributed by atoms with van der Waals surface area (Å²) in [5, 5.41) is 0.986. The van der Waals surface area contributed by atoms with Crippen LogP contribution in [0.5, 0.6) is 0 Å². The summed E-state index contributed by atoms with van der Waals surface area (Å²) in [4.78, 5) is 4.34. The second-order valence-electron chi connectivity index (χ2n) is 5.18. The smallest absolute Gasteiger partial charge is 0.244 e. The summed E-state index contributed by atoms with van der Waals surface area (Å²) in [6, 6.07) is 7.81. The van der Waals surface area contributed by atoms with Crippen LogP contribution in [0.25, 0.3) is 5.65 Å². The zero-order valence-corrected chi connectivity index (χ0v) is 15.5. The van der Waals surface area contributed by atoms with E-state index in [1.165, 1.54) is 29.6 Å². The summed E-state index contributed by atoms with van der Waals surface area (Å²) in [5.74, 6) is 0. The Kier molecular flexibility index (Phi) is 4.77. The average molecular weight is 405 g/mol. The van der Waals surface area contributed by atoms with Gasteiger partial charge in [0.15, 0.2) is 0 Å². The highest BCUT2D eigenvalue weighted by molar-refractivity contribution is 7.89. The molecule has 1 aromatic carbocycles. The number of pyridine rings is 1. The van der Waals surface area contributed by atoms with Crippen LogP contribution in [0.1, 0.15) is 5.69 Å². The highest BCUT2D eigenvalue weighted by atomic mass is 35.5. The average Bonchev–Trinajstić information content (AvgIpc) is 2.90. The van der Waals surface area contributed by atoms with Gasteiger partial charge in [-0.1, -0.05) is 34.8 Å². The molecule has 0 unspecified atom stereocenters. The maximum absolute atomic E-state index is 12.7. The third-order valence-corrected chi connectivity index (χ3v) is 6.17. The van der Waals surface area contributed by atoms with Gasteiger partial charge in [0.1, 0.15) is 10.5 Å². The lowest BCUT2D eigenvalue weighted by atomic mass is 10.4. The van der Waals surface area contributed by atoms with Crippen molar-refractivity contribution in [3.05, 3.63) is 63.5 Å². The molecule has 2 heterocycles. The summed E-state index contributed by atoms with van der Waals surface area (Å²) in [6.45, 7) is 0.0878. The minimum absolute atomic E-state index is 0.0361. The van der Waals surface area contributed by atoms with Crippen molar-refractivity contribution in [1.82, 2.24) is 13.7 Å². The minimum atomic E-state index is -3.79. The number of rotatable bonds is 4. The Hall–Kier alpha value is -1.31. The van der Waals surface area contributed by atoms with E-state index in [1.807, 2.05) is 0 Å². The van der Waals surface area contributed by atoms with Gasteiger partial charge in [0.05, 0.1) is 22.3 Å². The molecule has 0 aliphatic carbocycles. The number of nitrogens with zero attached hydrogens (tertiary/aromatic N) is 3. The fraction of sp³-hybridized carbons (Fsp3) is 0.133. The lowest BCUT2D eigenvalue weighted by Crippen LogP contribution is -2.27. The number of halogens is 3. The molecule has 24 heavy (non-hydrogen) atoms. The first-order chi connectivity index (χ1) is 11.3. The van der Waals surface area contributed by atoms with Crippen LogP contribution >= 0.6 is 34.8 Å². The number of fused-ring (bicyclic) bond motifs is 1. The molecule has 2 aromatic heterocycles. The van der Waals surface area contributed by atoms with Gasteiger partial charge in [0.2, 0.25) is 10.0 Å². The van der Waals surface area contributed by atoms with Crippen molar-refractivity contribution in [2.45, 2.75) is 11.4 Å². The molecule has 0 atom stereocenters. The van der Waals surface area contributed by atoms with Crippen LogP contribution in [0.3, 0.4) is 0 Å². The highest BCUT2D eigenvalue weighted by Gasteiger charge is 2.24. The molecule has 5 nitrogen and oxygen atoms in total. The zero-order valence-electron chi connectivity index (χ0n) is 12.4. The van der Waals surface area contributed by atoms with E-state index in [0.717, 1.165) is 0 Å². The van der Waals surface area contributed by atoms with Gasteiger partial charge >= 0.3 is 0 Å². The van der Waals surface area contributed by atoms with E-state index in [-0.39, 0.29) is 16.5 Å². The molecule has 3 aromatic rings. The minimum Gasteiger partial charge on any atom is -0.305 e. The molecule has 0 N–H and O–H groups in total. The molecule has 0 fully saturated rings. The van der Waals surface area contributed by atoms with E-state index >= 15 is 0 Å². The van der Waals surface area contributed by atoms with E-state index in [0.29, 0.717) is 21.4 Å². The van der Waals surface area contributed by atoms with Gasteiger partial charge in [-0.2, -0.15) is 4.31 Å². The Morgan fingerprint density at radius 3 is 2.54 bits per heavy atom. The number of hydrogen-bond acceptors (Lipinski definition) is 3. The van der Waals surface area contributed by atoms with E-state index in [2.05, 4.69) is 4.98 Å². The Balaban J connectivity index is 1.92. The van der Waals surface area contributed by atoms with E-state index in [4.69, 9.17) is 34.8 Å². The van der Waals surface area contributed by atoms with Gasteiger partial charge < -0.3 is 4.40 Å². The first-order valence-corrected chi connectivity index (χ1v) is 9.39. The Bertz CT molecular complexity index is 1020. The molecule has 3 rings (SSSR count). The van der Waals surface area contributed by atoms with Gasteiger partial charge in [0.25, 0.3) is 0 Å². The van der Waals surface area contributed by atoms with Gasteiger partial charge in [-0.3, -0.25) is 0 Å². The first-order valence-electron chi connectivity index (χ1n) is 6.82. The van der Waals surface area contributed by atoms with Crippen LogP contribution in [0.2, 0.25) is 15.1 Å². The number of sulfonamides is 1. The number of imidazole rings is 1. The fourth-order valence-electron chi connectivity index (χ4n) is 2.25. The van der Waals surface area contributed by atoms with Crippen molar-refractivity contribution >= 4 is 50.5 Å². The van der Waals surface area contributed by atoms with Gasteiger partial charge in [-0.25, -0.2) is 13.4 Å². The molecule has 0 saturated heterocycles. The van der Waals surface area contributed by atoms with Crippen molar-refractivity contribution in [3.8, 4) is 0 Å². The van der Waals surface area contributed by atoms with Crippen LogP contribution in [0.4, 0.5) is 0 Å². The molecule has 0 amide bonds. The van der Waals surface area contributed by atoms with Gasteiger partial charge in [0, 0.05) is 24.5 Å². The van der Waals surface area contributed by atoms with Crippen LogP contribution in [0.15, 0.2) is 47.6 Å². The predicted molar refractivity (Wildman–Crippen MR) is 95.3 cm³/mol. The molecule has 0 saturated carbocycles. The SMILES string of the molecule is CN(Cc1cn2cc(Cl)ccc2n1)S(=O)(=O)c1cc(Cl)ccc1Cl. The Morgan fingerprint density at radius 1 is 1.08 bits per heavy atom. The van der Waals surface area contributed by atoms with Crippen LogP contribution in [-0.4, -0.2) is 29.2 Å². The molecule has 0 aliphatic heterocycles.